The van der Waals surface area contributed by atoms with Gasteiger partial charge in [0.2, 0.25) is 0 Å². The minimum atomic E-state index is -0.833. The van der Waals surface area contributed by atoms with Crippen molar-refractivity contribution >= 4 is 11.8 Å². The third-order valence-corrected chi connectivity index (χ3v) is 1.83. The van der Waals surface area contributed by atoms with Crippen LogP contribution in [0.4, 0.5) is 5.82 Å². The van der Waals surface area contributed by atoms with Crippen molar-refractivity contribution in [3.05, 3.63) is 24.4 Å². The first kappa shape index (κ1) is 10.5. The van der Waals surface area contributed by atoms with Gasteiger partial charge in [0.1, 0.15) is 5.82 Å². The zero-order chi connectivity index (χ0) is 10.4. The Labute approximate surface area is 83.2 Å². The number of carboxylic acid groups (broad SMARTS) is 1. The Morgan fingerprint density at radius 3 is 2.50 bits per heavy atom. The van der Waals surface area contributed by atoms with Crippen LogP contribution in [0.15, 0.2) is 24.4 Å². The lowest BCUT2D eigenvalue weighted by Crippen LogP contribution is -2.37. The first-order valence-corrected chi connectivity index (χ1v) is 4.55. The van der Waals surface area contributed by atoms with Crippen LogP contribution in [-0.2, 0) is 4.79 Å². The van der Waals surface area contributed by atoms with Crippen molar-refractivity contribution in [3.8, 4) is 0 Å². The van der Waals surface area contributed by atoms with E-state index in [1.165, 1.54) is 19.5 Å². The summed E-state index contributed by atoms with van der Waals surface area (Å²) in [6.07, 6.45) is 3.16. The van der Waals surface area contributed by atoms with Crippen LogP contribution in [-0.4, -0.2) is 29.1 Å². The minimum Gasteiger partial charge on any atom is -0.481 e. The Bertz CT molecular complexity index is 279. The summed E-state index contributed by atoms with van der Waals surface area (Å²) in [5, 5.41) is 7.42. The summed E-state index contributed by atoms with van der Waals surface area (Å²) in [7, 11) is 0. The van der Waals surface area contributed by atoms with Crippen LogP contribution < -0.4 is 4.90 Å². The van der Waals surface area contributed by atoms with Crippen LogP contribution in [0, 0.1) is 0 Å². The van der Waals surface area contributed by atoms with Crippen molar-refractivity contribution in [3.63, 3.8) is 0 Å². The van der Waals surface area contributed by atoms with Crippen molar-refractivity contribution < 1.29 is 9.90 Å². The molecular weight excluding hydrogens is 180 g/mol. The molecule has 0 atom stereocenters. The molecule has 4 heteroatoms. The van der Waals surface area contributed by atoms with Crippen molar-refractivity contribution in [2.45, 2.75) is 13.3 Å². The molecule has 0 unspecified atom stereocenters. The predicted octanol–water partition coefficient (Wildman–Crippen LogP) is 1.38. The second-order valence-corrected chi connectivity index (χ2v) is 3.05. The highest BCUT2D eigenvalue weighted by Crippen LogP contribution is 2.15. The Morgan fingerprint density at radius 2 is 2.14 bits per heavy atom. The lowest BCUT2D eigenvalue weighted by Gasteiger charge is -2.31. The zero-order valence-corrected chi connectivity index (χ0v) is 8.18. The number of nitrogens with zero attached hydrogens (tertiary/aromatic N) is 2. The van der Waals surface area contributed by atoms with E-state index in [1.54, 1.807) is 0 Å². The highest BCUT2D eigenvalue weighted by atomic mass is 16.4. The molecule has 0 aromatic carbocycles. The quantitative estimate of drug-likeness (QED) is 0.733. The van der Waals surface area contributed by atoms with Gasteiger partial charge in [0.15, 0.2) is 0 Å². The van der Waals surface area contributed by atoms with E-state index in [0.29, 0.717) is 0 Å². The molecule has 1 aliphatic rings. The molecule has 0 amide bonds. The predicted molar refractivity (Wildman–Crippen MR) is 54.4 cm³/mol. The summed E-state index contributed by atoms with van der Waals surface area (Å²) in [5.41, 5.74) is 0. The normalized spacial score (nSPS) is 13.6. The van der Waals surface area contributed by atoms with Gasteiger partial charge in [-0.15, -0.1) is 0 Å². The van der Waals surface area contributed by atoms with Gasteiger partial charge in [-0.3, -0.25) is 4.79 Å². The summed E-state index contributed by atoms with van der Waals surface area (Å²) in [6.45, 7) is 3.44. The van der Waals surface area contributed by atoms with Gasteiger partial charge in [-0.1, -0.05) is 6.07 Å². The second kappa shape index (κ2) is 5.21. The smallest absolute Gasteiger partial charge is 0.300 e. The largest absolute Gasteiger partial charge is 0.481 e. The van der Waals surface area contributed by atoms with E-state index in [1.807, 2.05) is 18.3 Å². The van der Waals surface area contributed by atoms with Gasteiger partial charge in [-0.25, -0.2) is 4.98 Å². The highest BCUT2D eigenvalue weighted by Gasteiger charge is 2.13. The fourth-order valence-corrected chi connectivity index (χ4v) is 1.09. The van der Waals surface area contributed by atoms with Crippen LogP contribution in [0.25, 0.3) is 0 Å². The van der Waals surface area contributed by atoms with Gasteiger partial charge in [-0.05, 0) is 18.6 Å². The number of pyridine rings is 1. The maximum atomic E-state index is 9.00. The molecular formula is C10H14N2O2. The molecule has 0 saturated carbocycles. The topological polar surface area (TPSA) is 53.4 Å². The number of aliphatic carboxylic acids is 1. The molecule has 2 rings (SSSR count). The third kappa shape index (κ3) is 3.43. The van der Waals surface area contributed by atoms with Gasteiger partial charge in [0, 0.05) is 26.2 Å². The molecule has 1 aliphatic heterocycles. The van der Waals surface area contributed by atoms with E-state index < -0.39 is 5.97 Å². The van der Waals surface area contributed by atoms with Crippen LogP contribution in [0.5, 0.6) is 0 Å². The van der Waals surface area contributed by atoms with E-state index in [9.17, 15) is 0 Å². The molecule has 76 valence electrons. The van der Waals surface area contributed by atoms with Crippen LogP contribution in [0.1, 0.15) is 13.3 Å². The molecule has 1 fully saturated rings. The average molecular weight is 194 g/mol. The molecule has 1 N–H and O–H groups in total. The Hall–Kier alpha value is -1.58. The Balaban J connectivity index is 0.000000213. The SMILES string of the molecule is CC(=O)O.c1ccc(N2CCC2)nc1. The highest BCUT2D eigenvalue weighted by molar-refractivity contribution is 5.62. The number of carboxylic acids is 1. The van der Waals surface area contributed by atoms with Gasteiger partial charge < -0.3 is 10.0 Å². The zero-order valence-electron chi connectivity index (χ0n) is 8.18. The van der Waals surface area contributed by atoms with Gasteiger partial charge in [0.25, 0.3) is 5.97 Å². The summed E-state index contributed by atoms with van der Waals surface area (Å²) >= 11 is 0. The molecule has 14 heavy (non-hydrogen) atoms. The number of rotatable bonds is 1. The number of aromatic nitrogens is 1. The second-order valence-electron chi connectivity index (χ2n) is 3.05. The summed E-state index contributed by atoms with van der Waals surface area (Å²) in [5.74, 6) is 0.286. The summed E-state index contributed by atoms with van der Waals surface area (Å²) < 4.78 is 0. The maximum absolute atomic E-state index is 9.00. The first-order valence-electron chi connectivity index (χ1n) is 4.55. The molecule has 0 radical (unpaired) electrons. The fourth-order valence-electron chi connectivity index (χ4n) is 1.09. The van der Waals surface area contributed by atoms with Crippen molar-refractivity contribution in [1.29, 1.82) is 0 Å². The third-order valence-electron chi connectivity index (χ3n) is 1.83. The van der Waals surface area contributed by atoms with Gasteiger partial charge >= 0.3 is 0 Å². The molecule has 0 aliphatic carbocycles. The van der Waals surface area contributed by atoms with E-state index in [2.05, 4.69) is 16.0 Å². The summed E-state index contributed by atoms with van der Waals surface area (Å²) in [4.78, 5) is 15.5. The molecule has 0 bridgehead atoms. The van der Waals surface area contributed by atoms with E-state index in [4.69, 9.17) is 9.90 Å². The number of carbonyl (C=O) groups is 1. The van der Waals surface area contributed by atoms with Crippen LogP contribution >= 0.6 is 0 Å². The fraction of sp³-hybridized carbons (Fsp3) is 0.400. The molecule has 0 spiro atoms. The van der Waals surface area contributed by atoms with Gasteiger partial charge in [-0.2, -0.15) is 0 Å². The van der Waals surface area contributed by atoms with Crippen molar-refractivity contribution in [2.24, 2.45) is 0 Å². The van der Waals surface area contributed by atoms with E-state index >= 15 is 0 Å². The van der Waals surface area contributed by atoms with Crippen LogP contribution in [0.2, 0.25) is 0 Å². The van der Waals surface area contributed by atoms with Crippen molar-refractivity contribution in [2.75, 3.05) is 18.0 Å². The van der Waals surface area contributed by atoms with Crippen molar-refractivity contribution in [1.82, 2.24) is 4.98 Å². The molecule has 2 heterocycles. The van der Waals surface area contributed by atoms with Crippen LogP contribution in [0.3, 0.4) is 0 Å². The lowest BCUT2D eigenvalue weighted by molar-refractivity contribution is -0.134. The first-order chi connectivity index (χ1) is 6.70. The Kier molecular flexibility index (Phi) is 3.91. The molecule has 1 aromatic heterocycles. The number of hydrogen-bond donors (Lipinski definition) is 1. The standard InChI is InChI=1S/C8H10N2.C2H4O2/c1-2-5-9-8(4-1)10-6-3-7-10;1-2(3)4/h1-2,4-5H,3,6-7H2;1H3,(H,3,4). The number of anilines is 1. The maximum Gasteiger partial charge on any atom is 0.300 e. The molecule has 1 saturated heterocycles. The summed E-state index contributed by atoms with van der Waals surface area (Å²) in [6, 6.07) is 6.03. The number of hydrogen-bond acceptors (Lipinski definition) is 3. The molecule has 4 nitrogen and oxygen atoms in total. The minimum absolute atomic E-state index is 0.833. The lowest BCUT2D eigenvalue weighted by atomic mass is 10.2. The Morgan fingerprint density at radius 1 is 1.50 bits per heavy atom. The van der Waals surface area contributed by atoms with E-state index in [-0.39, 0.29) is 0 Å². The molecule has 1 aromatic rings. The monoisotopic (exact) mass is 194 g/mol. The van der Waals surface area contributed by atoms with Gasteiger partial charge in [0.05, 0.1) is 0 Å². The average Bonchev–Trinajstić information content (AvgIpc) is 2.01. The van der Waals surface area contributed by atoms with E-state index in [0.717, 1.165) is 12.7 Å².